The van der Waals surface area contributed by atoms with Crippen LogP contribution < -0.4 is 5.59 Å². The summed E-state index contributed by atoms with van der Waals surface area (Å²) < 4.78 is 1.81. The van der Waals surface area contributed by atoms with Gasteiger partial charge in [0.25, 0.3) is 0 Å². The number of nitrogens with zero attached hydrogens (tertiary/aromatic N) is 2. The lowest BCUT2D eigenvalue weighted by atomic mass is 9.87. The highest BCUT2D eigenvalue weighted by Crippen LogP contribution is 2.25. The molecule has 0 saturated heterocycles. The standard InChI is InChI=1S/C9H15BN2O2/c13-10(14)9-5-6-12(11-9)7-8-3-1-2-4-8/h5-6,8,13-14H,1-4,7H2. The molecule has 1 aromatic rings. The Hall–Kier alpha value is -0.805. The Morgan fingerprint density at radius 2 is 2.14 bits per heavy atom. The molecule has 76 valence electrons. The van der Waals surface area contributed by atoms with Crippen molar-refractivity contribution in [3.8, 4) is 0 Å². The van der Waals surface area contributed by atoms with Gasteiger partial charge in [0.1, 0.15) is 0 Å². The van der Waals surface area contributed by atoms with Gasteiger partial charge in [-0.05, 0) is 24.8 Å². The van der Waals surface area contributed by atoms with E-state index in [9.17, 15) is 0 Å². The van der Waals surface area contributed by atoms with Crippen LogP contribution in [0.25, 0.3) is 0 Å². The zero-order chi connectivity index (χ0) is 9.97. The second-order valence-corrected chi connectivity index (χ2v) is 3.99. The van der Waals surface area contributed by atoms with Crippen LogP contribution in [-0.4, -0.2) is 26.9 Å². The molecular weight excluding hydrogens is 179 g/mol. The van der Waals surface area contributed by atoms with E-state index in [2.05, 4.69) is 5.10 Å². The molecule has 2 rings (SSSR count). The van der Waals surface area contributed by atoms with Gasteiger partial charge < -0.3 is 10.0 Å². The summed E-state index contributed by atoms with van der Waals surface area (Å²) in [5, 5.41) is 21.8. The molecule has 0 bridgehead atoms. The van der Waals surface area contributed by atoms with Gasteiger partial charge in [-0.15, -0.1) is 0 Å². The molecule has 0 spiro atoms. The molecule has 0 aromatic carbocycles. The van der Waals surface area contributed by atoms with E-state index >= 15 is 0 Å². The third-order valence-electron chi connectivity index (χ3n) is 2.85. The molecule has 4 nitrogen and oxygen atoms in total. The van der Waals surface area contributed by atoms with Crippen LogP contribution in [-0.2, 0) is 6.54 Å². The SMILES string of the molecule is OB(O)c1ccn(CC2CCCC2)n1. The Morgan fingerprint density at radius 3 is 2.71 bits per heavy atom. The first kappa shape index (κ1) is 9.74. The molecule has 1 saturated carbocycles. The van der Waals surface area contributed by atoms with E-state index in [-0.39, 0.29) is 0 Å². The molecule has 14 heavy (non-hydrogen) atoms. The third-order valence-corrected chi connectivity index (χ3v) is 2.85. The summed E-state index contributed by atoms with van der Waals surface area (Å²) in [7, 11) is -1.44. The summed E-state index contributed by atoms with van der Waals surface area (Å²) in [5.41, 5.74) is 0.336. The van der Waals surface area contributed by atoms with Crippen molar-refractivity contribution in [1.29, 1.82) is 0 Å². The van der Waals surface area contributed by atoms with Crippen molar-refractivity contribution in [1.82, 2.24) is 9.78 Å². The van der Waals surface area contributed by atoms with Crippen molar-refractivity contribution in [2.24, 2.45) is 5.92 Å². The third kappa shape index (κ3) is 2.16. The average molecular weight is 194 g/mol. The minimum Gasteiger partial charge on any atom is -0.422 e. The molecule has 5 heteroatoms. The van der Waals surface area contributed by atoms with Gasteiger partial charge in [-0.1, -0.05) is 12.8 Å². The van der Waals surface area contributed by atoms with Gasteiger partial charge in [0.05, 0.1) is 5.59 Å². The summed E-state index contributed by atoms with van der Waals surface area (Å²) in [4.78, 5) is 0. The first-order valence-electron chi connectivity index (χ1n) is 5.15. The highest BCUT2D eigenvalue weighted by molar-refractivity contribution is 6.57. The maximum absolute atomic E-state index is 8.88. The van der Waals surface area contributed by atoms with Gasteiger partial charge in [0, 0.05) is 12.7 Å². The summed E-state index contributed by atoms with van der Waals surface area (Å²) >= 11 is 0. The number of rotatable bonds is 3. The Bertz CT molecular complexity index is 295. The van der Waals surface area contributed by atoms with Crippen molar-refractivity contribution < 1.29 is 10.0 Å². The zero-order valence-electron chi connectivity index (χ0n) is 8.13. The summed E-state index contributed by atoms with van der Waals surface area (Å²) in [6.45, 7) is 0.909. The van der Waals surface area contributed by atoms with Crippen molar-refractivity contribution >= 4 is 12.7 Å². The molecule has 0 unspecified atom stereocenters. The van der Waals surface area contributed by atoms with Crippen LogP contribution in [0.3, 0.4) is 0 Å². The molecule has 2 N–H and O–H groups in total. The fourth-order valence-electron chi connectivity index (χ4n) is 2.07. The highest BCUT2D eigenvalue weighted by atomic mass is 16.4. The lowest BCUT2D eigenvalue weighted by molar-refractivity contribution is 0.415. The normalized spacial score (nSPS) is 17.6. The van der Waals surface area contributed by atoms with E-state index in [0.29, 0.717) is 5.59 Å². The van der Waals surface area contributed by atoms with Crippen LogP contribution >= 0.6 is 0 Å². The number of hydrogen-bond acceptors (Lipinski definition) is 3. The first-order valence-corrected chi connectivity index (χ1v) is 5.15. The average Bonchev–Trinajstić information content (AvgIpc) is 2.75. The van der Waals surface area contributed by atoms with Crippen LogP contribution in [0.1, 0.15) is 25.7 Å². The maximum Gasteiger partial charge on any atom is 0.510 e. The molecule has 1 aliphatic rings. The predicted molar refractivity (Wildman–Crippen MR) is 54.0 cm³/mol. The van der Waals surface area contributed by atoms with Gasteiger partial charge in [0.15, 0.2) is 0 Å². The molecular formula is C9H15BN2O2. The monoisotopic (exact) mass is 194 g/mol. The predicted octanol–water partition coefficient (Wildman–Crippen LogP) is -0.247. The molecule has 0 atom stereocenters. The van der Waals surface area contributed by atoms with Crippen molar-refractivity contribution in [2.75, 3.05) is 0 Å². The van der Waals surface area contributed by atoms with E-state index in [4.69, 9.17) is 10.0 Å². The minimum atomic E-state index is -1.44. The fraction of sp³-hybridized carbons (Fsp3) is 0.667. The van der Waals surface area contributed by atoms with Crippen molar-refractivity contribution in [3.63, 3.8) is 0 Å². The second kappa shape index (κ2) is 4.15. The Labute approximate surface area is 83.7 Å². The summed E-state index contributed by atoms with van der Waals surface area (Å²) in [6, 6.07) is 1.65. The van der Waals surface area contributed by atoms with Crippen molar-refractivity contribution in [3.05, 3.63) is 12.3 Å². The number of hydrogen-bond donors (Lipinski definition) is 2. The van der Waals surface area contributed by atoms with E-state index in [1.54, 1.807) is 6.07 Å². The molecule has 0 amide bonds. The molecule has 0 aliphatic heterocycles. The Balaban J connectivity index is 1.95. The topological polar surface area (TPSA) is 58.3 Å². The van der Waals surface area contributed by atoms with Crippen LogP contribution in [0.15, 0.2) is 12.3 Å². The lowest BCUT2D eigenvalue weighted by Crippen LogP contribution is -2.31. The van der Waals surface area contributed by atoms with Gasteiger partial charge in [-0.3, -0.25) is 4.68 Å². The molecule has 1 fully saturated rings. The Kier molecular flexibility index (Phi) is 2.89. The fourth-order valence-corrected chi connectivity index (χ4v) is 2.07. The molecule has 1 heterocycles. The quantitative estimate of drug-likeness (QED) is 0.652. The smallest absolute Gasteiger partial charge is 0.422 e. The van der Waals surface area contributed by atoms with Crippen LogP contribution in [0, 0.1) is 5.92 Å². The first-order chi connectivity index (χ1) is 6.75. The molecule has 1 aromatic heterocycles. The summed E-state index contributed by atoms with van der Waals surface area (Å²) in [5.74, 6) is 0.721. The van der Waals surface area contributed by atoms with Crippen LogP contribution in [0.4, 0.5) is 0 Å². The molecule has 1 aliphatic carbocycles. The number of aromatic nitrogens is 2. The van der Waals surface area contributed by atoms with Gasteiger partial charge in [-0.25, -0.2) is 0 Å². The zero-order valence-corrected chi connectivity index (χ0v) is 8.13. The van der Waals surface area contributed by atoms with Crippen LogP contribution in [0.2, 0.25) is 0 Å². The second-order valence-electron chi connectivity index (χ2n) is 3.99. The largest absolute Gasteiger partial charge is 0.510 e. The highest BCUT2D eigenvalue weighted by Gasteiger charge is 2.18. The van der Waals surface area contributed by atoms with Crippen molar-refractivity contribution in [2.45, 2.75) is 32.2 Å². The van der Waals surface area contributed by atoms with Gasteiger partial charge >= 0.3 is 7.12 Å². The van der Waals surface area contributed by atoms with E-state index < -0.39 is 7.12 Å². The summed E-state index contributed by atoms with van der Waals surface area (Å²) in [6.07, 6.45) is 7.00. The van der Waals surface area contributed by atoms with E-state index in [0.717, 1.165) is 12.5 Å². The van der Waals surface area contributed by atoms with Crippen LogP contribution in [0.5, 0.6) is 0 Å². The Morgan fingerprint density at radius 1 is 1.43 bits per heavy atom. The lowest BCUT2D eigenvalue weighted by Gasteiger charge is -2.08. The maximum atomic E-state index is 8.88. The van der Waals surface area contributed by atoms with Gasteiger partial charge in [-0.2, -0.15) is 5.10 Å². The van der Waals surface area contributed by atoms with E-state index in [1.807, 2.05) is 10.9 Å². The molecule has 0 radical (unpaired) electrons. The van der Waals surface area contributed by atoms with Gasteiger partial charge in [0.2, 0.25) is 0 Å². The van der Waals surface area contributed by atoms with E-state index in [1.165, 1.54) is 25.7 Å². The minimum absolute atomic E-state index is 0.336.